The molecule has 0 bridgehead atoms. The summed E-state index contributed by atoms with van der Waals surface area (Å²) in [4.78, 5) is 24.5. The maximum Gasteiger partial charge on any atom is 0.176 e. The Hall–Kier alpha value is -1.12. The third-order valence-corrected chi connectivity index (χ3v) is 4.68. The minimum Gasteiger partial charge on any atom is -0.483 e. The number of rotatable bonds is 0. The van der Waals surface area contributed by atoms with Gasteiger partial charge in [-0.3, -0.25) is 9.59 Å². The van der Waals surface area contributed by atoms with E-state index in [1.807, 2.05) is 6.92 Å². The highest BCUT2D eigenvalue weighted by molar-refractivity contribution is 6.01. The minimum atomic E-state index is -0.751. The molecule has 98 valence electrons. The van der Waals surface area contributed by atoms with Crippen LogP contribution in [0.3, 0.4) is 0 Å². The summed E-state index contributed by atoms with van der Waals surface area (Å²) in [5.74, 6) is 1.18. The molecule has 3 heteroatoms. The van der Waals surface area contributed by atoms with Crippen molar-refractivity contribution in [3.05, 3.63) is 11.3 Å². The molecule has 2 aliphatic carbocycles. The Morgan fingerprint density at radius 1 is 1.17 bits per heavy atom. The van der Waals surface area contributed by atoms with Crippen LogP contribution in [0.15, 0.2) is 11.3 Å². The summed E-state index contributed by atoms with van der Waals surface area (Å²) >= 11 is 0. The summed E-state index contributed by atoms with van der Waals surface area (Å²) < 4.78 is 5.98. The first kappa shape index (κ1) is 11.9. The molecule has 1 fully saturated rings. The van der Waals surface area contributed by atoms with Crippen molar-refractivity contribution in [2.24, 2.45) is 11.3 Å². The minimum absolute atomic E-state index is 0.0114. The van der Waals surface area contributed by atoms with E-state index in [1.165, 1.54) is 0 Å². The Bertz CT molecular complexity index is 472. The first-order valence-electron chi connectivity index (χ1n) is 6.82. The predicted octanol–water partition coefficient (Wildman–Crippen LogP) is 2.79. The normalized spacial score (nSPS) is 38.3. The van der Waals surface area contributed by atoms with Crippen LogP contribution in [0.4, 0.5) is 0 Å². The summed E-state index contributed by atoms with van der Waals surface area (Å²) in [5, 5.41) is 0. The van der Waals surface area contributed by atoms with Gasteiger partial charge in [0.1, 0.15) is 5.76 Å². The van der Waals surface area contributed by atoms with Crippen LogP contribution in [0.2, 0.25) is 0 Å². The van der Waals surface area contributed by atoms with Gasteiger partial charge >= 0.3 is 0 Å². The number of allylic oxidation sites excluding steroid dienone is 1. The highest BCUT2D eigenvalue weighted by atomic mass is 16.5. The molecule has 0 aromatic carbocycles. The van der Waals surface area contributed by atoms with Crippen molar-refractivity contribution in [3.63, 3.8) is 0 Å². The first-order chi connectivity index (χ1) is 8.33. The molecule has 1 saturated carbocycles. The fraction of sp³-hybridized carbons (Fsp3) is 0.733. The van der Waals surface area contributed by atoms with Gasteiger partial charge in [-0.2, -0.15) is 0 Å². The third kappa shape index (κ3) is 1.49. The van der Waals surface area contributed by atoms with E-state index >= 15 is 0 Å². The summed E-state index contributed by atoms with van der Waals surface area (Å²) in [6, 6.07) is 0. The van der Waals surface area contributed by atoms with Crippen molar-refractivity contribution in [1.29, 1.82) is 0 Å². The number of ether oxygens (including phenoxy) is 1. The molecule has 3 rings (SSSR count). The lowest BCUT2D eigenvalue weighted by Crippen LogP contribution is -2.45. The molecule has 0 spiro atoms. The standard InChI is InChI=1S/C15H20O3/c1-14(2)7-10(16)13-9-5-4-6-12(17)15(9,3)18-11(13)8-14/h9H,4-8H2,1-3H3/t9-,15+/m0/s1. The van der Waals surface area contributed by atoms with Crippen LogP contribution < -0.4 is 0 Å². The fourth-order valence-electron chi connectivity index (χ4n) is 3.75. The number of hydrogen-bond donors (Lipinski definition) is 0. The second kappa shape index (κ2) is 3.46. The van der Waals surface area contributed by atoms with Gasteiger partial charge in [-0.05, 0) is 25.2 Å². The number of ketones is 2. The number of carbonyl (C=O) groups is 2. The summed E-state index contributed by atoms with van der Waals surface area (Å²) in [7, 11) is 0. The van der Waals surface area contributed by atoms with Crippen molar-refractivity contribution < 1.29 is 14.3 Å². The second-order valence-electron chi connectivity index (χ2n) is 6.85. The van der Waals surface area contributed by atoms with Crippen LogP contribution in [0.25, 0.3) is 0 Å². The van der Waals surface area contributed by atoms with Crippen molar-refractivity contribution >= 4 is 11.6 Å². The lowest BCUT2D eigenvalue weighted by atomic mass is 9.68. The molecule has 0 N–H and O–H groups in total. The Morgan fingerprint density at radius 2 is 1.89 bits per heavy atom. The molecule has 3 nitrogen and oxygen atoms in total. The van der Waals surface area contributed by atoms with Crippen LogP contribution in [0, 0.1) is 11.3 Å². The monoisotopic (exact) mass is 248 g/mol. The molecule has 1 aliphatic heterocycles. The highest BCUT2D eigenvalue weighted by Crippen LogP contribution is 2.52. The third-order valence-electron chi connectivity index (χ3n) is 4.68. The van der Waals surface area contributed by atoms with Gasteiger partial charge in [-0.25, -0.2) is 0 Å². The van der Waals surface area contributed by atoms with Crippen molar-refractivity contribution in [1.82, 2.24) is 0 Å². The maximum absolute atomic E-state index is 12.3. The van der Waals surface area contributed by atoms with Gasteiger partial charge in [-0.1, -0.05) is 13.8 Å². The summed E-state index contributed by atoms with van der Waals surface area (Å²) in [5.41, 5.74) is 0.0480. The lowest BCUT2D eigenvalue weighted by molar-refractivity contribution is -0.143. The number of hydrogen-bond acceptors (Lipinski definition) is 3. The van der Waals surface area contributed by atoms with Crippen LogP contribution in [-0.2, 0) is 14.3 Å². The first-order valence-corrected chi connectivity index (χ1v) is 6.82. The number of Topliss-reactive ketones (excluding diaryl/α,β-unsaturated/α-hetero) is 2. The second-order valence-corrected chi connectivity index (χ2v) is 6.85. The molecule has 0 aromatic rings. The highest BCUT2D eigenvalue weighted by Gasteiger charge is 2.56. The molecule has 0 aromatic heterocycles. The molecule has 0 amide bonds. The van der Waals surface area contributed by atoms with E-state index in [9.17, 15) is 9.59 Å². The van der Waals surface area contributed by atoms with E-state index in [0.29, 0.717) is 12.8 Å². The molecule has 0 radical (unpaired) electrons. The summed E-state index contributed by atoms with van der Waals surface area (Å²) in [6.45, 7) is 6.05. The van der Waals surface area contributed by atoms with Crippen LogP contribution in [-0.4, -0.2) is 17.2 Å². The fourth-order valence-corrected chi connectivity index (χ4v) is 3.75. The smallest absolute Gasteiger partial charge is 0.176 e. The topological polar surface area (TPSA) is 43.4 Å². The summed E-state index contributed by atoms with van der Waals surface area (Å²) in [6.07, 6.45) is 3.75. The van der Waals surface area contributed by atoms with Gasteiger partial charge in [0.2, 0.25) is 0 Å². The van der Waals surface area contributed by atoms with Crippen LogP contribution in [0.5, 0.6) is 0 Å². The molecule has 3 aliphatic rings. The molecule has 18 heavy (non-hydrogen) atoms. The Labute approximate surface area is 108 Å². The predicted molar refractivity (Wildman–Crippen MR) is 66.9 cm³/mol. The Balaban J connectivity index is 2.03. The van der Waals surface area contributed by atoms with Gasteiger partial charge in [0, 0.05) is 30.8 Å². The average Bonchev–Trinajstić information content (AvgIpc) is 2.50. The number of carbonyl (C=O) groups excluding carboxylic acids is 2. The zero-order valence-electron chi connectivity index (χ0n) is 11.3. The van der Waals surface area contributed by atoms with E-state index < -0.39 is 5.60 Å². The van der Waals surface area contributed by atoms with E-state index in [2.05, 4.69) is 13.8 Å². The van der Waals surface area contributed by atoms with Crippen molar-refractivity contribution in [2.45, 2.75) is 58.5 Å². The molecule has 0 unspecified atom stereocenters. The SMILES string of the molecule is CC1(C)CC(=O)C2=C(C1)O[C@@]1(C)C(=O)CCC[C@@H]21. The van der Waals surface area contributed by atoms with E-state index in [-0.39, 0.29) is 22.9 Å². The van der Waals surface area contributed by atoms with Gasteiger partial charge in [-0.15, -0.1) is 0 Å². The maximum atomic E-state index is 12.3. The molecular formula is C15H20O3. The van der Waals surface area contributed by atoms with Crippen molar-refractivity contribution in [3.8, 4) is 0 Å². The molecular weight excluding hydrogens is 228 g/mol. The lowest BCUT2D eigenvalue weighted by Gasteiger charge is -2.34. The van der Waals surface area contributed by atoms with E-state index in [0.717, 1.165) is 30.6 Å². The van der Waals surface area contributed by atoms with Crippen LogP contribution >= 0.6 is 0 Å². The van der Waals surface area contributed by atoms with Gasteiger partial charge < -0.3 is 4.74 Å². The van der Waals surface area contributed by atoms with Crippen LogP contribution in [0.1, 0.15) is 52.9 Å². The van der Waals surface area contributed by atoms with E-state index in [4.69, 9.17) is 4.74 Å². The Morgan fingerprint density at radius 3 is 2.61 bits per heavy atom. The van der Waals surface area contributed by atoms with Gasteiger partial charge in [0.05, 0.1) is 0 Å². The Kier molecular flexibility index (Phi) is 2.30. The molecule has 2 atom stereocenters. The quantitative estimate of drug-likeness (QED) is 0.662. The van der Waals surface area contributed by atoms with E-state index in [1.54, 1.807) is 0 Å². The number of fused-ring (bicyclic) bond motifs is 2. The van der Waals surface area contributed by atoms with Gasteiger partial charge in [0.15, 0.2) is 17.2 Å². The molecule has 0 saturated heterocycles. The zero-order chi connectivity index (χ0) is 13.1. The zero-order valence-corrected chi connectivity index (χ0v) is 11.3. The van der Waals surface area contributed by atoms with Crippen molar-refractivity contribution in [2.75, 3.05) is 0 Å². The van der Waals surface area contributed by atoms with Gasteiger partial charge in [0.25, 0.3) is 0 Å². The average molecular weight is 248 g/mol. The largest absolute Gasteiger partial charge is 0.483 e. The molecule has 1 heterocycles.